The van der Waals surface area contributed by atoms with Crippen LogP contribution < -0.4 is 4.74 Å². The van der Waals surface area contributed by atoms with E-state index in [0.717, 1.165) is 5.56 Å². The maximum atomic E-state index is 9.32. The second-order valence-electron chi connectivity index (χ2n) is 2.87. The fourth-order valence-corrected chi connectivity index (χ4v) is 1.07. The van der Waals surface area contributed by atoms with Crippen LogP contribution in [0.1, 0.15) is 12.5 Å². The molecule has 0 amide bonds. The first-order chi connectivity index (χ1) is 6.67. The van der Waals surface area contributed by atoms with Crippen LogP contribution in [0.2, 0.25) is 0 Å². The Balaban J connectivity index is 3.08. The van der Waals surface area contributed by atoms with Gasteiger partial charge in [-0.2, -0.15) is 5.26 Å². The molecule has 0 bridgehead atoms. The summed E-state index contributed by atoms with van der Waals surface area (Å²) >= 11 is 0. The molecule has 0 radical (unpaired) electrons. The van der Waals surface area contributed by atoms with Crippen LogP contribution in [-0.2, 0) is 0 Å². The minimum Gasteiger partial charge on any atom is -0.504 e. The molecule has 72 valence electrons. The average Bonchev–Trinajstić information content (AvgIpc) is 2.20. The van der Waals surface area contributed by atoms with E-state index in [-0.39, 0.29) is 5.75 Å². The largest absolute Gasteiger partial charge is 0.504 e. The van der Waals surface area contributed by atoms with Crippen molar-refractivity contribution in [3.8, 4) is 17.6 Å². The number of phenolic OH excluding ortho intramolecular Hbond substituents is 1. The van der Waals surface area contributed by atoms with E-state index in [4.69, 9.17) is 10.00 Å². The number of hydrogen-bond donors (Lipinski definition) is 1. The molecule has 1 N–H and O–H groups in total. The first-order valence-electron chi connectivity index (χ1n) is 4.12. The summed E-state index contributed by atoms with van der Waals surface area (Å²) in [6, 6.07) is 6.96. The predicted molar refractivity (Wildman–Crippen MR) is 53.9 cm³/mol. The first kappa shape index (κ1) is 10.1. The number of hydrogen-bond acceptors (Lipinski definition) is 3. The molecule has 0 saturated carbocycles. The molecule has 0 aliphatic heterocycles. The van der Waals surface area contributed by atoms with Crippen LogP contribution in [0.3, 0.4) is 0 Å². The van der Waals surface area contributed by atoms with Gasteiger partial charge in [0.1, 0.15) is 0 Å². The van der Waals surface area contributed by atoms with Gasteiger partial charge in [0.15, 0.2) is 11.5 Å². The van der Waals surface area contributed by atoms with E-state index in [1.54, 1.807) is 25.1 Å². The second kappa shape index (κ2) is 4.33. The Bertz CT molecular complexity index is 402. The van der Waals surface area contributed by atoms with E-state index in [0.29, 0.717) is 11.3 Å². The van der Waals surface area contributed by atoms with Gasteiger partial charge >= 0.3 is 0 Å². The quantitative estimate of drug-likeness (QED) is 0.726. The number of aromatic hydroxyl groups is 1. The molecule has 0 aromatic heterocycles. The number of ether oxygens (including phenoxy) is 1. The fraction of sp³-hybridized carbons (Fsp3) is 0.182. The van der Waals surface area contributed by atoms with Gasteiger partial charge in [0, 0.05) is 5.57 Å². The van der Waals surface area contributed by atoms with E-state index < -0.39 is 0 Å². The summed E-state index contributed by atoms with van der Waals surface area (Å²) in [4.78, 5) is 0. The van der Waals surface area contributed by atoms with Crippen LogP contribution in [0.4, 0.5) is 0 Å². The van der Waals surface area contributed by atoms with Gasteiger partial charge in [-0.3, -0.25) is 0 Å². The van der Waals surface area contributed by atoms with Gasteiger partial charge in [0.2, 0.25) is 0 Å². The van der Waals surface area contributed by atoms with Crippen molar-refractivity contribution in [1.82, 2.24) is 0 Å². The Morgan fingerprint density at radius 2 is 2.29 bits per heavy atom. The summed E-state index contributed by atoms with van der Waals surface area (Å²) in [5, 5.41) is 17.9. The molecule has 1 aromatic rings. The molecule has 1 aromatic carbocycles. The number of methoxy groups -OCH3 is 1. The number of rotatable bonds is 2. The van der Waals surface area contributed by atoms with Crippen molar-refractivity contribution in [2.75, 3.05) is 7.11 Å². The first-order valence-corrected chi connectivity index (χ1v) is 4.12. The molecule has 0 spiro atoms. The molecule has 0 atom stereocenters. The summed E-state index contributed by atoms with van der Waals surface area (Å²) in [6.45, 7) is 1.72. The summed E-state index contributed by atoms with van der Waals surface area (Å²) in [6.07, 6.45) is 1.72. The highest BCUT2D eigenvalue weighted by molar-refractivity contribution is 5.59. The number of benzene rings is 1. The van der Waals surface area contributed by atoms with Gasteiger partial charge in [-0.25, -0.2) is 0 Å². The molecule has 14 heavy (non-hydrogen) atoms. The normalized spacial score (nSPS) is 10.8. The van der Waals surface area contributed by atoms with Crippen LogP contribution >= 0.6 is 0 Å². The smallest absolute Gasteiger partial charge is 0.161 e. The average molecular weight is 189 g/mol. The lowest BCUT2D eigenvalue weighted by molar-refractivity contribution is 0.373. The second-order valence-corrected chi connectivity index (χ2v) is 2.87. The number of nitrogens with zero attached hydrogens (tertiary/aromatic N) is 1. The molecule has 0 heterocycles. The van der Waals surface area contributed by atoms with Crippen molar-refractivity contribution >= 4 is 6.08 Å². The highest BCUT2D eigenvalue weighted by Gasteiger charge is 2.00. The van der Waals surface area contributed by atoms with Crippen LogP contribution in [0.15, 0.2) is 23.8 Å². The Kier molecular flexibility index (Phi) is 3.14. The number of nitriles is 1. The third-order valence-electron chi connectivity index (χ3n) is 1.76. The lowest BCUT2D eigenvalue weighted by Crippen LogP contribution is -1.84. The number of allylic oxidation sites excluding steroid dienone is 1. The lowest BCUT2D eigenvalue weighted by Gasteiger charge is -2.03. The van der Waals surface area contributed by atoms with Crippen LogP contribution in [0.5, 0.6) is 11.5 Å². The van der Waals surface area contributed by atoms with Crippen LogP contribution in [0.25, 0.3) is 6.08 Å². The Hall–Kier alpha value is -1.95. The SMILES string of the molecule is COc1cc(C=C(C)C#N)ccc1O. The minimum atomic E-state index is 0.0965. The van der Waals surface area contributed by atoms with Crippen molar-refractivity contribution in [2.24, 2.45) is 0 Å². The van der Waals surface area contributed by atoms with E-state index in [1.807, 2.05) is 6.07 Å². The van der Waals surface area contributed by atoms with Crippen molar-refractivity contribution < 1.29 is 9.84 Å². The summed E-state index contributed by atoms with van der Waals surface area (Å²) < 4.78 is 4.94. The van der Waals surface area contributed by atoms with Crippen molar-refractivity contribution in [2.45, 2.75) is 6.92 Å². The van der Waals surface area contributed by atoms with Crippen LogP contribution in [0, 0.1) is 11.3 Å². The highest BCUT2D eigenvalue weighted by atomic mass is 16.5. The third-order valence-corrected chi connectivity index (χ3v) is 1.76. The van der Waals surface area contributed by atoms with Crippen molar-refractivity contribution in [3.05, 3.63) is 29.3 Å². The molecule has 3 heteroatoms. The molecule has 0 fully saturated rings. The summed E-state index contributed by atoms with van der Waals surface area (Å²) in [5.74, 6) is 0.503. The Morgan fingerprint density at radius 3 is 2.86 bits per heavy atom. The molecule has 1 rings (SSSR count). The fourth-order valence-electron chi connectivity index (χ4n) is 1.07. The van der Waals surface area contributed by atoms with E-state index >= 15 is 0 Å². The Labute approximate surface area is 82.9 Å². The molecular formula is C11H11NO2. The zero-order chi connectivity index (χ0) is 10.6. The highest BCUT2D eigenvalue weighted by Crippen LogP contribution is 2.27. The van der Waals surface area contributed by atoms with Gasteiger partial charge in [0.25, 0.3) is 0 Å². The molecule has 3 nitrogen and oxygen atoms in total. The minimum absolute atomic E-state index is 0.0965. The van der Waals surface area contributed by atoms with Gasteiger partial charge in [-0.1, -0.05) is 6.07 Å². The van der Waals surface area contributed by atoms with Crippen LogP contribution in [-0.4, -0.2) is 12.2 Å². The zero-order valence-corrected chi connectivity index (χ0v) is 8.11. The van der Waals surface area contributed by atoms with E-state index in [9.17, 15) is 5.11 Å². The maximum absolute atomic E-state index is 9.32. The molecule has 0 aliphatic rings. The van der Waals surface area contributed by atoms with Gasteiger partial charge < -0.3 is 9.84 Å². The van der Waals surface area contributed by atoms with Gasteiger partial charge in [-0.05, 0) is 30.7 Å². The van der Waals surface area contributed by atoms with E-state index in [1.165, 1.54) is 13.2 Å². The number of phenols is 1. The molecule has 0 saturated heterocycles. The standard InChI is InChI=1S/C11H11NO2/c1-8(7-12)5-9-3-4-10(13)11(6-9)14-2/h3-6,13H,1-2H3. The molecule has 0 unspecified atom stereocenters. The topological polar surface area (TPSA) is 53.2 Å². The third kappa shape index (κ3) is 2.27. The molecular weight excluding hydrogens is 178 g/mol. The Morgan fingerprint density at radius 1 is 1.57 bits per heavy atom. The monoisotopic (exact) mass is 189 g/mol. The summed E-state index contributed by atoms with van der Waals surface area (Å²) in [7, 11) is 1.49. The zero-order valence-electron chi connectivity index (χ0n) is 8.11. The van der Waals surface area contributed by atoms with Crippen molar-refractivity contribution in [3.63, 3.8) is 0 Å². The summed E-state index contributed by atoms with van der Waals surface area (Å²) in [5.41, 5.74) is 1.44. The maximum Gasteiger partial charge on any atom is 0.161 e. The van der Waals surface area contributed by atoms with Gasteiger partial charge in [0.05, 0.1) is 13.2 Å². The lowest BCUT2D eigenvalue weighted by atomic mass is 10.1. The van der Waals surface area contributed by atoms with Crippen molar-refractivity contribution in [1.29, 1.82) is 5.26 Å². The predicted octanol–water partition coefficient (Wildman–Crippen LogP) is 2.33. The van der Waals surface area contributed by atoms with E-state index in [2.05, 4.69) is 0 Å². The molecule has 0 aliphatic carbocycles. The van der Waals surface area contributed by atoms with Gasteiger partial charge in [-0.15, -0.1) is 0 Å².